The molecule has 1 aliphatic rings. The van der Waals surface area contributed by atoms with Crippen molar-refractivity contribution in [1.82, 2.24) is 0 Å². The van der Waals surface area contributed by atoms with Crippen molar-refractivity contribution in [2.45, 2.75) is 33.6 Å². The summed E-state index contributed by atoms with van der Waals surface area (Å²) in [7, 11) is 0. The number of hydrogen-bond donors (Lipinski definition) is 0. The first-order chi connectivity index (χ1) is 30.0. The van der Waals surface area contributed by atoms with Gasteiger partial charge in [-0.1, -0.05) is 90.5 Å². The highest BCUT2D eigenvalue weighted by atomic mass is 15.2. The van der Waals surface area contributed by atoms with E-state index in [2.05, 4.69) is 265 Å². The van der Waals surface area contributed by atoms with E-state index in [1.165, 1.54) is 22.4 Å². The van der Waals surface area contributed by atoms with E-state index in [1.807, 2.05) is 0 Å². The molecular weight excluding hydrogens is 741 g/mol. The fourth-order valence-electron chi connectivity index (χ4n) is 8.29. The minimum absolute atomic E-state index is 1.04. The van der Waals surface area contributed by atoms with E-state index >= 15 is 0 Å². The molecule has 9 rings (SSSR count). The van der Waals surface area contributed by atoms with Gasteiger partial charge in [0.2, 0.25) is 0 Å². The van der Waals surface area contributed by atoms with Gasteiger partial charge in [-0.25, -0.2) is 0 Å². The average molecular weight is 791 g/mol. The number of rotatable bonds is 12. The van der Waals surface area contributed by atoms with Crippen molar-refractivity contribution in [3.63, 3.8) is 0 Å². The number of aryl methyl sites for hydroxylation is 2. The van der Waals surface area contributed by atoms with Gasteiger partial charge in [-0.3, -0.25) is 0 Å². The standard InChI is InChI=1S/C57H50N4/c1-43-16-13-25-55(40-43)59(46-19-7-4-8-20-46)52-34-28-49(29-35-52)58(50-30-36-53(37-31-50)60(47-21-9-5-10-22-47)56-26-14-17-44(2)41-56)51-32-38-54(39-33-51)61(48-23-11-6-12-24-48)57-27-15-18-45(3)42-57/h4-14,16-17,19-42H,15,18H2,1-3H3. The van der Waals surface area contributed by atoms with Crippen LogP contribution >= 0.6 is 0 Å². The molecule has 0 heterocycles. The summed E-state index contributed by atoms with van der Waals surface area (Å²) in [6, 6.07) is 76.1. The zero-order valence-corrected chi connectivity index (χ0v) is 35.1. The average Bonchev–Trinajstić information content (AvgIpc) is 3.30. The van der Waals surface area contributed by atoms with E-state index in [0.717, 1.165) is 75.4 Å². The third-order valence-electron chi connectivity index (χ3n) is 11.2. The van der Waals surface area contributed by atoms with Gasteiger partial charge in [-0.2, -0.15) is 0 Å². The molecule has 0 N–H and O–H groups in total. The number of allylic oxidation sites excluding steroid dienone is 3. The summed E-state index contributed by atoms with van der Waals surface area (Å²) < 4.78 is 0. The van der Waals surface area contributed by atoms with Crippen molar-refractivity contribution in [3.05, 3.63) is 247 Å². The lowest BCUT2D eigenvalue weighted by Crippen LogP contribution is -2.17. The summed E-state index contributed by atoms with van der Waals surface area (Å²) in [4.78, 5) is 9.37. The van der Waals surface area contributed by atoms with Crippen molar-refractivity contribution in [2.75, 3.05) is 19.6 Å². The molecule has 0 atom stereocenters. The Kier molecular flexibility index (Phi) is 11.3. The maximum Gasteiger partial charge on any atom is 0.0464 e. The Morgan fingerprint density at radius 2 is 0.590 bits per heavy atom. The van der Waals surface area contributed by atoms with Crippen LogP contribution in [-0.4, -0.2) is 0 Å². The third-order valence-corrected chi connectivity index (χ3v) is 11.2. The van der Waals surface area contributed by atoms with Crippen molar-refractivity contribution >= 4 is 62.6 Å². The zero-order valence-electron chi connectivity index (χ0n) is 35.1. The van der Waals surface area contributed by atoms with Crippen molar-refractivity contribution in [1.29, 1.82) is 0 Å². The van der Waals surface area contributed by atoms with Gasteiger partial charge in [0.05, 0.1) is 0 Å². The molecule has 0 saturated heterocycles. The monoisotopic (exact) mass is 790 g/mol. The molecule has 1 aliphatic carbocycles. The first-order valence-corrected chi connectivity index (χ1v) is 21.1. The van der Waals surface area contributed by atoms with Crippen molar-refractivity contribution in [3.8, 4) is 0 Å². The first-order valence-electron chi connectivity index (χ1n) is 21.1. The molecular formula is C57H50N4. The molecule has 0 spiro atoms. The highest BCUT2D eigenvalue weighted by molar-refractivity contribution is 5.84. The molecule has 4 nitrogen and oxygen atoms in total. The fraction of sp³-hybridized carbons (Fsp3) is 0.0877. The van der Waals surface area contributed by atoms with Crippen LogP contribution in [-0.2, 0) is 0 Å². The maximum atomic E-state index is 2.37. The Morgan fingerprint density at radius 1 is 0.295 bits per heavy atom. The predicted molar refractivity (Wildman–Crippen MR) is 260 cm³/mol. The molecule has 8 aromatic carbocycles. The summed E-state index contributed by atoms with van der Waals surface area (Å²) in [6.07, 6.45) is 6.81. The molecule has 0 fully saturated rings. The molecule has 0 amide bonds. The molecule has 0 bridgehead atoms. The highest BCUT2D eigenvalue weighted by Gasteiger charge is 2.20. The Morgan fingerprint density at radius 3 is 0.934 bits per heavy atom. The number of para-hydroxylation sites is 3. The number of nitrogens with zero attached hydrogens (tertiary/aromatic N) is 4. The van der Waals surface area contributed by atoms with E-state index in [-0.39, 0.29) is 0 Å². The van der Waals surface area contributed by atoms with Gasteiger partial charge in [-0.05, 0) is 184 Å². The lowest BCUT2D eigenvalue weighted by atomic mass is 10.0. The lowest BCUT2D eigenvalue weighted by molar-refractivity contribution is 0.933. The van der Waals surface area contributed by atoms with Crippen molar-refractivity contribution in [2.24, 2.45) is 0 Å². The summed E-state index contributed by atoms with van der Waals surface area (Å²) >= 11 is 0. The van der Waals surface area contributed by atoms with Crippen LogP contribution in [0.15, 0.2) is 236 Å². The summed E-state index contributed by atoms with van der Waals surface area (Å²) in [5, 5.41) is 0. The number of benzene rings is 8. The quantitative estimate of drug-likeness (QED) is 0.122. The first kappa shape index (κ1) is 38.9. The van der Waals surface area contributed by atoms with Crippen LogP contribution in [0.25, 0.3) is 0 Å². The molecule has 298 valence electrons. The normalized spacial score (nSPS) is 12.2. The van der Waals surface area contributed by atoms with E-state index < -0.39 is 0 Å². The second kappa shape index (κ2) is 17.7. The Bertz CT molecular complexity index is 2630. The van der Waals surface area contributed by atoms with Gasteiger partial charge in [0.15, 0.2) is 0 Å². The summed E-state index contributed by atoms with van der Waals surface area (Å²) in [5.41, 5.74) is 17.2. The Hall–Kier alpha value is -7.56. The van der Waals surface area contributed by atoms with Crippen LogP contribution in [0.1, 0.15) is 30.9 Å². The van der Waals surface area contributed by atoms with Crippen LogP contribution < -0.4 is 19.6 Å². The minimum Gasteiger partial charge on any atom is -0.311 e. The number of anilines is 11. The Balaban J connectivity index is 1.13. The van der Waals surface area contributed by atoms with Gasteiger partial charge in [0, 0.05) is 68.3 Å². The van der Waals surface area contributed by atoms with E-state index in [9.17, 15) is 0 Å². The molecule has 0 aliphatic heterocycles. The largest absolute Gasteiger partial charge is 0.311 e. The van der Waals surface area contributed by atoms with Gasteiger partial charge in [0.25, 0.3) is 0 Å². The van der Waals surface area contributed by atoms with Gasteiger partial charge >= 0.3 is 0 Å². The van der Waals surface area contributed by atoms with Crippen LogP contribution in [0.5, 0.6) is 0 Å². The van der Waals surface area contributed by atoms with Crippen LogP contribution in [0.4, 0.5) is 62.6 Å². The molecule has 0 aromatic heterocycles. The molecule has 0 radical (unpaired) electrons. The third kappa shape index (κ3) is 8.62. The zero-order chi connectivity index (χ0) is 41.5. The maximum absolute atomic E-state index is 2.37. The molecule has 8 aromatic rings. The number of hydrogen-bond acceptors (Lipinski definition) is 4. The van der Waals surface area contributed by atoms with E-state index in [1.54, 1.807) is 0 Å². The predicted octanol–water partition coefficient (Wildman–Crippen LogP) is 16.5. The Labute approximate surface area is 361 Å². The second-order valence-corrected chi connectivity index (χ2v) is 15.7. The van der Waals surface area contributed by atoms with Gasteiger partial charge < -0.3 is 19.6 Å². The second-order valence-electron chi connectivity index (χ2n) is 15.7. The van der Waals surface area contributed by atoms with Crippen LogP contribution in [0, 0.1) is 13.8 Å². The molecule has 0 unspecified atom stereocenters. The molecule has 61 heavy (non-hydrogen) atoms. The van der Waals surface area contributed by atoms with Crippen LogP contribution in [0.2, 0.25) is 0 Å². The smallest absolute Gasteiger partial charge is 0.0464 e. The van der Waals surface area contributed by atoms with Gasteiger partial charge in [0.1, 0.15) is 0 Å². The SMILES string of the molecule is CC1=CC(N(c2ccccc2)c2ccc(N(c3ccc(N(c4ccccc4)c4cccc(C)c4)cc3)c3ccc(N(c4ccccc4)c4cccc(C)c4)cc3)cc2)=CCC1. The molecule has 0 saturated carbocycles. The van der Waals surface area contributed by atoms with Crippen LogP contribution in [0.3, 0.4) is 0 Å². The summed E-state index contributed by atoms with van der Waals surface area (Å²) in [6.45, 7) is 6.52. The van der Waals surface area contributed by atoms with Crippen molar-refractivity contribution < 1.29 is 0 Å². The minimum atomic E-state index is 1.04. The fourth-order valence-corrected chi connectivity index (χ4v) is 8.29. The summed E-state index contributed by atoms with van der Waals surface area (Å²) in [5.74, 6) is 0. The lowest BCUT2D eigenvalue weighted by Gasteiger charge is -2.31. The van der Waals surface area contributed by atoms with E-state index in [0.29, 0.717) is 0 Å². The molecule has 4 heteroatoms. The topological polar surface area (TPSA) is 13.0 Å². The van der Waals surface area contributed by atoms with E-state index in [4.69, 9.17) is 0 Å². The highest BCUT2D eigenvalue weighted by Crippen LogP contribution is 2.43. The van der Waals surface area contributed by atoms with Gasteiger partial charge in [-0.15, -0.1) is 0 Å².